The fourth-order valence-corrected chi connectivity index (χ4v) is 2.66. The van der Waals surface area contributed by atoms with Crippen molar-refractivity contribution in [1.82, 2.24) is 0 Å². The van der Waals surface area contributed by atoms with E-state index in [4.69, 9.17) is 0 Å². The number of fused-ring (bicyclic) bond motifs is 1. The lowest BCUT2D eigenvalue weighted by molar-refractivity contribution is 0.565. The van der Waals surface area contributed by atoms with E-state index >= 15 is 0 Å². The minimum absolute atomic E-state index is 0.607. The van der Waals surface area contributed by atoms with Gasteiger partial charge >= 0.3 is 0 Å². The molecule has 0 amide bonds. The molecule has 1 atom stereocenters. The molecule has 1 nitrogen and oxygen atoms in total. The Balaban J connectivity index is 2.18. The van der Waals surface area contributed by atoms with Gasteiger partial charge in [0.25, 0.3) is 0 Å². The molecule has 0 bridgehead atoms. The van der Waals surface area contributed by atoms with Crippen LogP contribution in [-0.4, -0.2) is 6.04 Å². The van der Waals surface area contributed by atoms with Crippen LogP contribution in [-0.2, 0) is 0 Å². The maximum absolute atomic E-state index is 3.76. The number of anilines is 1. The molecule has 1 unspecified atom stereocenters. The first-order valence-corrected chi connectivity index (χ1v) is 7.59. The van der Waals surface area contributed by atoms with Crippen LogP contribution in [0.1, 0.15) is 46.0 Å². The largest absolute Gasteiger partial charge is 0.382 e. The number of hydrogen-bond donors (Lipinski definition) is 1. The summed E-state index contributed by atoms with van der Waals surface area (Å²) in [4.78, 5) is 0. The zero-order valence-corrected chi connectivity index (χ0v) is 12.2. The van der Waals surface area contributed by atoms with Crippen LogP contribution >= 0.6 is 0 Å². The van der Waals surface area contributed by atoms with Crippen molar-refractivity contribution in [2.24, 2.45) is 0 Å². The molecule has 0 fully saturated rings. The number of benzene rings is 2. The lowest BCUT2D eigenvalue weighted by Crippen LogP contribution is -2.19. The first-order chi connectivity index (χ1) is 9.35. The standard InChI is InChI=1S/C18H25N/c1-3-5-12-16(9-4-2)19-18-14-8-11-15-10-6-7-13-17(15)18/h6-8,10-11,13-14,16,19H,3-5,9,12H2,1-2H3. The molecule has 0 saturated carbocycles. The van der Waals surface area contributed by atoms with Gasteiger partial charge in [-0.05, 0) is 24.3 Å². The van der Waals surface area contributed by atoms with Crippen LogP contribution in [0, 0.1) is 0 Å². The SMILES string of the molecule is CCCCC(CCC)Nc1cccc2ccccc12. The van der Waals surface area contributed by atoms with Gasteiger partial charge in [0, 0.05) is 17.1 Å². The number of hydrogen-bond acceptors (Lipinski definition) is 1. The zero-order valence-electron chi connectivity index (χ0n) is 12.2. The van der Waals surface area contributed by atoms with Crippen LogP contribution in [0.4, 0.5) is 5.69 Å². The Kier molecular flexibility index (Phi) is 5.26. The van der Waals surface area contributed by atoms with Gasteiger partial charge in [0.1, 0.15) is 0 Å². The Labute approximate surface area is 117 Å². The van der Waals surface area contributed by atoms with Crippen LogP contribution in [0.25, 0.3) is 10.8 Å². The van der Waals surface area contributed by atoms with Gasteiger partial charge < -0.3 is 5.32 Å². The molecule has 19 heavy (non-hydrogen) atoms. The van der Waals surface area contributed by atoms with E-state index in [1.807, 2.05) is 0 Å². The van der Waals surface area contributed by atoms with Gasteiger partial charge in [-0.2, -0.15) is 0 Å². The van der Waals surface area contributed by atoms with Crippen molar-refractivity contribution in [3.63, 3.8) is 0 Å². The van der Waals surface area contributed by atoms with Crippen LogP contribution in [0.5, 0.6) is 0 Å². The summed E-state index contributed by atoms with van der Waals surface area (Å²) in [6, 6.07) is 15.8. The van der Waals surface area contributed by atoms with Gasteiger partial charge in [-0.15, -0.1) is 0 Å². The van der Waals surface area contributed by atoms with Crippen molar-refractivity contribution >= 4 is 16.5 Å². The van der Waals surface area contributed by atoms with Gasteiger partial charge in [-0.25, -0.2) is 0 Å². The third-order valence-corrected chi connectivity index (χ3v) is 3.69. The number of nitrogens with one attached hydrogen (secondary N) is 1. The second-order valence-electron chi connectivity index (χ2n) is 5.30. The monoisotopic (exact) mass is 255 g/mol. The fourth-order valence-electron chi connectivity index (χ4n) is 2.66. The lowest BCUT2D eigenvalue weighted by Gasteiger charge is -2.20. The Hall–Kier alpha value is -1.50. The van der Waals surface area contributed by atoms with E-state index in [0.29, 0.717) is 6.04 Å². The number of rotatable bonds is 7. The van der Waals surface area contributed by atoms with Crippen molar-refractivity contribution in [2.45, 2.75) is 52.0 Å². The molecule has 0 aliphatic heterocycles. The highest BCUT2D eigenvalue weighted by Crippen LogP contribution is 2.25. The average Bonchev–Trinajstić information content (AvgIpc) is 2.45. The van der Waals surface area contributed by atoms with E-state index in [1.165, 1.54) is 48.6 Å². The minimum Gasteiger partial charge on any atom is -0.382 e. The van der Waals surface area contributed by atoms with E-state index in [0.717, 1.165) is 0 Å². The van der Waals surface area contributed by atoms with Gasteiger partial charge in [0.05, 0.1) is 0 Å². The molecule has 0 aliphatic rings. The quantitative estimate of drug-likeness (QED) is 0.678. The van der Waals surface area contributed by atoms with Crippen LogP contribution in [0.2, 0.25) is 0 Å². The van der Waals surface area contributed by atoms with Crippen molar-refractivity contribution in [3.8, 4) is 0 Å². The molecule has 0 saturated heterocycles. The summed E-state index contributed by atoms with van der Waals surface area (Å²) in [5.74, 6) is 0. The maximum Gasteiger partial charge on any atom is 0.0422 e. The third kappa shape index (κ3) is 3.73. The summed E-state index contributed by atoms with van der Waals surface area (Å²) < 4.78 is 0. The molecule has 0 heterocycles. The molecule has 2 rings (SSSR count). The van der Waals surface area contributed by atoms with E-state index < -0.39 is 0 Å². The van der Waals surface area contributed by atoms with E-state index in [9.17, 15) is 0 Å². The van der Waals surface area contributed by atoms with Crippen molar-refractivity contribution in [2.75, 3.05) is 5.32 Å². The molecule has 0 spiro atoms. The van der Waals surface area contributed by atoms with Gasteiger partial charge in [0.2, 0.25) is 0 Å². The average molecular weight is 255 g/mol. The second-order valence-corrected chi connectivity index (χ2v) is 5.30. The summed E-state index contributed by atoms with van der Waals surface area (Å²) in [6.45, 7) is 4.53. The van der Waals surface area contributed by atoms with E-state index in [-0.39, 0.29) is 0 Å². The van der Waals surface area contributed by atoms with Gasteiger partial charge in [0.15, 0.2) is 0 Å². The Bertz CT molecular complexity index is 499. The summed E-state index contributed by atoms with van der Waals surface area (Å²) in [6.07, 6.45) is 6.35. The molecule has 0 radical (unpaired) electrons. The Morgan fingerprint density at radius 3 is 2.47 bits per heavy atom. The second kappa shape index (κ2) is 7.18. The molecule has 0 aromatic heterocycles. The first kappa shape index (κ1) is 13.9. The third-order valence-electron chi connectivity index (χ3n) is 3.69. The predicted octanol–water partition coefficient (Wildman–Crippen LogP) is 5.61. The lowest BCUT2D eigenvalue weighted by atomic mass is 10.0. The highest BCUT2D eigenvalue weighted by Gasteiger charge is 2.08. The van der Waals surface area contributed by atoms with Crippen LogP contribution in [0.3, 0.4) is 0 Å². The van der Waals surface area contributed by atoms with Crippen molar-refractivity contribution < 1.29 is 0 Å². The number of unbranched alkanes of at least 4 members (excludes halogenated alkanes) is 1. The molecule has 1 N–H and O–H groups in total. The molecule has 2 aromatic rings. The van der Waals surface area contributed by atoms with E-state index in [2.05, 4.69) is 61.6 Å². The maximum atomic E-state index is 3.76. The summed E-state index contributed by atoms with van der Waals surface area (Å²) >= 11 is 0. The highest BCUT2D eigenvalue weighted by molar-refractivity contribution is 5.93. The fraction of sp³-hybridized carbons (Fsp3) is 0.444. The molecule has 1 heteroatoms. The molecular formula is C18H25N. The predicted molar refractivity (Wildman–Crippen MR) is 85.8 cm³/mol. The summed E-state index contributed by atoms with van der Waals surface area (Å²) in [7, 11) is 0. The minimum atomic E-state index is 0.607. The Morgan fingerprint density at radius 2 is 1.68 bits per heavy atom. The smallest absolute Gasteiger partial charge is 0.0422 e. The molecule has 2 aromatic carbocycles. The van der Waals surface area contributed by atoms with Gasteiger partial charge in [-0.3, -0.25) is 0 Å². The zero-order chi connectivity index (χ0) is 13.5. The molecule has 0 aliphatic carbocycles. The highest BCUT2D eigenvalue weighted by atomic mass is 14.9. The summed E-state index contributed by atoms with van der Waals surface area (Å²) in [5.41, 5.74) is 1.28. The summed E-state index contributed by atoms with van der Waals surface area (Å²) in [5, 5.41) is 6.41. The first-order valence-electron chi connectivity index (χ1n) is 7.59. The van der Waals surface area contributed by atoms with Crippen molar-refractivity contribution in [3.05, 3.63) is 42.5 Å². The molecular weight excluding hydrogens is 230 g/mol. The normalized spacial score (nSPS) is 12.5. The van der Waals surface area contributed by atoms with Crippen molar-refractivity contribution in [1.29, 1.82) is 0 Å². The van der Waals surface area contributed by atoms with Gasteiger partial charge in [-0.1, -0.05) is 69.5 Å². The Morgan fingerprint density at radius 1 is 0.895 bits per heavy atom. The van der Waals surface area contributed by atoms with E-state index in [1.54, 1.807) is 0 Å². The van der Waals surface area contributed by atoms with Crippen LogP contribution < -0.4 is 5.32 Å². The van der Waals surface area contributed by atoms with Crippen LogP contribution in [0.15, 0.2) is 42.5 Å². The topological polar surface area (TPSA) is 12.0 Å². The molecule has 102 valence electrons.